The Bertz CT molecular complexity index is 792. The van der Waals surface area contributed by atoms with Crippen LogP contribution in [-0.4, -0.2) is 25.0 Å². The molecule has 2 aromatic carbocycles. The second-order valence-corrected chi connectivity index (χ2v) is 6.88. The molecule has 2 aromatic rings. The molecule has 0 bridgehead atoms. The molecule has 0 radical (unpaired) electrons. The fourth-order valence-electron chi connectivity index (χ4n) is 3.18. The summed E-state index contributed by atoms with van der Waals surface area (Å²) in [6.07, 6.45) is 2.02. The number of likely N-dealkylation sites (N-methyl/N-ethyl adjacent to an activating group) is 1. The van der Waals surface area contributed by atoms with E-state index >= 15 is 0 Å². The molecule has 1 aliphatic rings. The zero-order chi connectivity index (χ0) is 17.9. The Kier molecular flexibility index (Phi) is 4.76. The normalized spacial score (nSPS) is 15.7. The summed E-state index contributed by atoms with van der Waals surface area (Å²) in [5.74, 6) is 0.157. The van der Waals surface area contributed by atoms with Crippen molar-refractivity contribution < 1.29 is 4.79 Å². The molecular weight excluding hydrogens is 310 g/mol. The van der Waals surface area contributed by atoms with Gasteiger partial charge in [-0.05, 0) is 37.3 Å². The SMILES string of the molecule is CN(CC(=O)NC(C)(C#N)C1CC1)c1ccccc1-c1ccccc1. The lowest BCUT2D eigenvalue weighted by Gasteiger charge is -2.26. The fraction of sp³-hybridized carbons (Fsp3) is 0.333. The molecule has 1 amide bonds. The number of rotatable bonds is 6. The van der Waals surface area contributed by atoms with Crippen LogP contribution < -0.4 is 10.2 Å². The number of anilines is 1. The van der Waals surface area contributed by atoms with Crippen LogP contribution in [0.4, 0.5) is 5.69 Å². The molecule has 0 aromatic heterocycles. The first-order valence-electron chi connectivity index (χ1n) is 8.61. The summed E-state index contributed by atoms with van der Waals surface area (Å²) in [5, 5.41) is 12.3. The van der Waals surface area contributed by atoms with E-state index in [1.807, 2.05) is 55.3 Å². The van der Waals surface area contributed by atoms with Crippen LogP contribution in [0.1, 0.15) is 19.8 Å². The molecule has 1 saturated carbocycles. The van der Waals surface area contributed by atoms with Crippen molar-refractivity contribution in [2.75, 3.05) is 18.5 Å². The van der Waals surface area contributed by atoms with Gasteiger partial charge in [0.05, 0.1) is 12.6 Å². The van der Waals surface area contributed by atoms with E-state index in [1.54, 1.807) is 0 Å². The van der Waals surface area contributed by atoms with Gasteiger partial charge in [-0.25, -0.2) is 0 Å². The van der Waals surface area contributed by atoms with Gasteiger partial charge in [-0.15, -0.1) is 0 Å². The van der Waals surface area contributed by atoms with Crippen LogP contribution in [0.2, 0.25) is 0 Å². The highest BCUT2D eigenvalue weighted by Crippen LogP contribution is 2.39. The average molecular weight is 333 g/mol. The highest BCUT2D eigenvalue weighted by Gasteiger charge is 2.43. The summed E-state index contributed by atoms with van der Waals surface area (Å²) in [6.45, 7) is 2.04. The third-order valence-corrected chi connectivity index (χ3v) is 4.81. The molecule has 0 spiro atoms. The average Bonchev–Trinajstić information content (AvgIpc) is 3.48. The van der Waals surface area contributed by atoms with Crippen molar-refractivity contribution in [3.05, 3.63) is 54.6 Å². The van der Waals surface area contributed by atoms with Crippen LogP contribution >= 0.6 is 0 Å². The lowest BCUT2D eigenvalue weighted by atomic mass is 9.98. The van der Waals surface area contributed by atoms with E-state index in [4.69, 9.17) is 0 Å². The highest BCUT2D eigenvalue weighted by molar-refractivity contribution is 5.85. The van der Waals surface area contributed by atoms with Crippen molar-refractivity contribution in [3.8, 4) is 17.2 Å². The molecule has 0 heterocycles. The maximum atomic E-state index is 12.5. The van der Waals surface area contributed by atoms with E-state index in [9.17, 15) is 10.1 Å². The predicted octanol–water partition coefficient (Wildman–Crippen LogP) is 3.60. The molecule has 4 nitrogen and oxygen atoms in total. The second-order valence-electron chi connectivity index (χ2n) is 6.88. The molecule has 25 heavy (non-hydrogen) atoms. The molecule has 0 saturated heterocycles. The van der Waals surface area contributed by atoms with Crippen molar-refractivity contribution in [1.82, 2.24) is 5.32 Å². The minimum atomic E-state index is -0.753. The van der Waals surface area contributed by atoms with Crippen molar-refractivity contribution in [1.29, 1.82) is 5.26 Å². The molecule has 128 valence electrons. The van der Waals surface area contributed by atoms with Crippen LogP contribution in [0.5, 0.6) is 0 Å². The maximum absolute atomic E-state index is 12.5. The van der Waals surface area contributed by atoms with Gasteiger partial charge in [0.2, 0.25) is 5.91 Å². The van der Waals surface area contributed by atoms with Gasteiger partial charge in [0, 0.05) is 18.3 Å². The van der Waals surface area contributed by atoms with E-state index in [-0.39, 0.29) is 18.4 Å². The summed E-state index contributed by atoms with van der Waals surface area (Å²) >= 11 is 0. The Morgan fingerprint density at radius 1 is 1.20 bits per heavy atom. The van der Waals surface area contributed by atoms with Gasteiger partial charge in [0.1, 0.15) is 5.54 Å². The quantitative estimate of drug-likeness (QED) is 0.879. The van der Waals surface area contributed by atoms with E-state index in [0.29, 0.717) is 0 Å². The number of carbonyl (C=O) groups is 1. The van der Waals surface area contributed by atoms with Crippen molar-refractivity contribution in [3.63, 3.8) is 0 Å². The van der Waals surface area contributed by atoms with Crippen LogP contribution in [0.15, 0.2) is 54.6 Å². The summed E-state index contributed by atoms with van der Waals surface area (Å²) < 4.78 is 0. The Morgan fingerprint density at radius 3 is 2.48 bits per heavy atom. The number of benzene rings is 2. The lowest BCUT2D eigenvalue weighted by molar-refractivity contribution is -0.121. The van der Waals surface area contributed by atoms with Gasteiger partial charge in [0.25, 0.3) is 0 Å². The molecule has 1 atom stereocenters. The number of amides is 1. The summed E-state index contributed by atoms with van der Waals surface area (Å²) in [4.78, 5) is 14.4. The first-order chi connectivity index (χ1) is 12.0. The minimum absolute atomic E-state index is 0.124. The number of nitrogens with one attached hydrogen (secondary N) is 1. The molecule has 1 N–H and O–H groups in total. The number of hydrogen-bond donors (Lipinski definition) is 1. The number of para-hydroxylation sites is 1. The van der Waals surface area contributed by atoms with Gasteiger partial charge in [-0.2, -0.15) is 5.26 Å². The predicted molar refractivity (Wildman–Crippen MR) is 100 cm³/mol. The monoisotopic (exact) mass is 333 g/mol. The van der Waals surface area contributed by atoms with Gasteiger partial charge >= 0.3 is 0 Å². The summed E-state index contributed by atoms with van der Waals surface area (Å²) in [7, 11) is 1.90. The highest BCUT2D eigenvalue weighted by atomic mass is 16.2. The largest absolute Gasteiger partial charge is 0.365 e. The number of nitrogens with zero attached hydrogens (tertiary/aromatic N) is 2. The molecule has 0 aliphatic heterocycles. The Hall–Kier alpha value is -2.80. The molecular formula is C21H23N3O. The number of hydrogen-bond acceptors (Lipinski definition) is 3. The summed E-state index contributed by atoms with van der Waals surface area (Å²) in [5.41, 5.74) is 2.44. The zero-order valence-electron chi connectivity index (χ0n) is 14.7. The van der Waals surface area contributed by atoms with Crippen LogP contribution in [-0.2, 0) is 4.79 Å². The van der Waals surface area contributed by atoms with Crippen LogP contribution in [0, 0.1) is 17.2 Å². The van der Waals surface area contributed by atoms with Gasteiger partial charge in [-0.1, -0.05) is 48.5 Å². The van der Waals surface area contributed by atoms with Crippen molar-refractivity contribution >= 4 is 11.6 Å². The third kappa shape index (κ3) is 3.83. The van der Waals surface area contributed by atoms with Crippen molar-refractivity contribution in [2.24, 2.45) is 5.92 Å². The molecule has 1 aliphatic carbocycles. The number of carbonyl (C=O) groups excluding carboxylic acids is 1. The van der Waals surface area contributed by atoms with Gasteiger partial charge in [0.15, 0.2) is 0 Å². The van der Waals surface area contributed by atoms with Crippen LogP contribution in [0.25, 0.3) is 11.1 Å². The standard InChI is InChI=1S/C21H23N3O/c1-21(15-22,17-12-13-17)23-20(25)14-24(2)19-11-7-6-10-18(19)16-8-4-3-5-9-16/h3-11,17H,12-14H2,1-2H3,(H,23,25). The first kappa shape index (κ1) is 17.0. The van der Waals surface area contributed by atoms with E-state index in [2.05, 4.69) is 29.6 Å². The fourth-order valence-corrected chi connectivity index (χ4v) is 3.18. The van der Waals surface area contributed by atoms with Crippen molar-refractivity contribution in [2.45, 2.75) is 25.3 Å². The maximum Gasteiger partial charge on any atom is 0.240 e. The Balaban J connectivity index is 1.75. The molecule has 3 rings (SSSR count). The molecule has 1 unspecified atom stereocenters. The minimum Gasteiger partial charge on any atom is -0.365 e. The third-order valence-electron chi connectivity index (χ3n) is 4.81. The van der Waals surface area contributed by atoms with Gasteiger partial charge < -0.3 is 10.2 Å². The van der Waals surface area contributed by atoms with E-state index < -0.39 is 5.54 Å². The Morgan fingerprint density at radius 2 is 1.84 bits per heavy atom. The first-order valence-corrected chi connectivity index (χ1v) is 8.61. The molecule has 1 fully saturated rings. The van der Waals surface area contributed by atoms with E-state index in [1.165, 1.54) is 0 Å². The van der Waals surface area contributed by atoms with Gasteiger partial charge in [-0.3, -0.25) is 4.79 Å². The smallest absolute Gasteiger partial charge is 0.240 e. The number of nitriles is 1. The van der Waals surface area contributed by atoms with Crippen LogP contribution in [0.3, 0.4) is 0 Å². The molecule has 4 heteroatoms. The second kappa shape index (κ2) is 6.98. The Labute approximate surface area is 149 Å². The zero-order valence-corrected chi connectivity index (χ0v) is 14.7. The van der Waals surface area contributed by atoms with E-state index in [0.717, 1.165) is 29.7 Å². The topological polar surface area (TPSA) is 56.1 Å². The lowest BCUT2D eigenvalue weighted by Crippen LogP contribution is -2.49. The summed E-state index contributed by atoms with van der Waals surface area (Å²) in [6, 6.07) is 20.4.